The van der Waals surface area contributed by atoms with Crippen molar-refractivity contribution in [2.24, 2.45) is 0 Å². The number of phenolic OH excluding ortho intramolecular Hbond substituents is 1. The quantitative estimate of drug-likeness (QED) is 0.368. The van der Waals surface area contributed by atoms with Crippen molar-refractivity contribution < 1.29 is 34.0 Å². The minimum Gasteiger partial charge on any atom is -0.508 e. The van der Waals surface area contributed by atoms with E-state index >= 15 is 0 Å². The second-order valence-corrected chi connectivity index (χ2v) is 7.57. The maximum atomic E-state index is 13.0. The molecule has 3 rings (SSSR count). The molecule has 1 unspecified atom stereocenters. The Bertz CT molecular complexity index is 1030. The van der Waals surface area contributed by atoms with E-state index in [1.165, 1.54) is 31.3 Å². The van der Waals surface area contributed by atoms with Gasteiger partial charge in [-0.05, 0) is 43.7 Å². The van der Waals surface area contributed by atoms with Gasteiger partial charge in [0, 0.05) is 12.6 Å². The van der Waals surface area contributed by atoms with Crippen molar-refractivity contribution in [1.29, 1.82) is 0 Å². The molecule has 0 radical (unpaired) electrons. The number of aliphatic hydroxyl groups is 1. The fourth-order valence-electron chi connectivity index (χ4n) is 3.64. The van der Waals surface area contributed by atoms with Crippen LogP contribution in [0, 0.1) is 0 Å². The molecule has 2 aromatic carbocycles. The number of hydrogen-bond donors (Lipinski definition) is 2. The van der Waals surface area contributed by atoms with Crippen molar-refractivity contribution in [1.82, 2.24) is 4.90 Å². The first-order chi connectivity index (χ1) is 15.3. The topological polar surface area (TPSA) is 106 Å². The highest BCUT2D eigenvalue weighted by Crippen LogP contribution is 2.41. The number of methoxy groups -OCH3 is 2. The molecule has 1 aliphatic rings. The first kappa shape index (κ1) is 23.1. The number of aliphatic hydroxyl groups excluding tert-OH is 1. The number of benzene rings is 2. The van der Waals surface area contributed by atoms with Crippen LogP contribution in [0.15, 0.2) is 48.0 Å². The van der Waals surface area contributed by atoms with Gasteiger partial charge in [0.15, 0.2) is 0 Å². The summed E-state index contributed by atoms with van der Waals surface area (Å²) in [4.78, 5) is 27.3. The monoisotopic (exact) mass is 441 g/mol. The maximum Gasteiger partial charge on any atom is 0.295 e. The largest absolute Gasteiger partial charge is 0.508 e. The van der Waals surface area contributed by atoms with E-state index < -0.39 is 17.7 Å². The summed E-state index contributed by atoms with van der Waals surface area (Å²) in [5.74, 6) is -1.04. The van der Waals surface area contributed by atoms with E-state index in [-0.39, 0.29) is 41.9 Å². The Hall–Kier alpha value is -3.52. The van der Waals surface area contributed by atoms with Crippen LogP contribution in [0.25, 0.3) is 5.76 Å². The zero-order valence-corrected chi connectivity index (χ0v) is 18.5. The minimum absolute atomic E-state index is 0.0393. The van der Waals surface area contributed by atoms with Gasteiger partial charge in [-0.15, -0.1) is 0 Å². The SMILES string of the molecule is COc1ccc(/C(O)=C2/C(=O)C(=O)N(CCOC(C)C)C2c2ccc(O)cc2)c(OC)c1. The van der Waals surface area contributed by atoms with Crippen LogP contribution in [-0.2, 0) is 14.3 Å². The zero-order chi connectivity index (χ0) is 23.4. The third-order valence-electron chi connectivity index (χ3n) is 5.20. The predicted octanol–water partition coefficient (Wildman–Crippen LogP) is 3.26. The maximum absolute atomic E-state index is 13.0. The first-order valence-corrected chi connectivity index (χ1v) is 10.2. The number of likely N-dealkylation sites (tertiary alicyclic amines) is 1. The van der Waals surface area contributed by atoms with Gasteiger partial charge in [0.05, 0.1) is 44.1 Å². The van der Waals surface area contributed by atoms with Crippen LogP contribution >= 0.6 is 0 Å². The van der Waals surface area contributed by atoms with E-state index in [0.717, 1.165) is 0 Å². The van der Waals surface area contributed by atoms with Crippen LogP contribution in [0.2, 0.25) is 0 Å². The van der Waals surface area contributed by atoms with Gasteiger partial charge in [-0.25, -0.2) is 0 Å². The molecule has 1 amide bonds. The van der Waals surface area contributed by atoms with Gasteiger partial charge in [0.1, 0.15) is 23.0 Å². The summed E-state index contributed by atoms with van der Waals surface area (Å²) < 4.78 is 16.1. The molecular weight excluding hydrogens is 414 g/mol. The molecular formula is C24H27NO7. The Morgan fingerprint density at radius 1 is 1.06 bits per heavy atom. The number of Topliss-reactive ketones (excluding diaryl/α,β-unsaturated/α-hetero) is 1. The number of nitrogens with zero attached hydrogens (tertiary/aromatic N) is 1. The number of amides is 1. The van der Waals surface area contributed by atoms with Gasteiger partial charge >= 0.3 is 0 Å². The van der Waals surface area contributed by atoms with Crippen molar-refractivity contribution in [3.63, 3.8) is 0 Å². The normalized spacial score (nSPS) is 17.8. The summed E-state index contributed by atoms with van der Waals surface area (Å²) in [6.45, 7) is 4.14. The van der Waals surface area contributed by atoms with Crippen LogP contribution in [0.1, 0.15) is 31.0 Å². The highest BCUT2D eigenvalue weighted by molar-refractivity contribution is 6.46. The summed E-state index contributed by atoms with van der Waals surface area (Å²) in [6, 6.07) is 10.1. The van der Waals surface area contributed by atoms with E-state index in [2.05, 4.69) is 0 Å². The summed E-state index contributed by atoms with van der Waals surface area (Å²) in [6.07, 6.45) is -0.0393. The van der Waals surface area contributed by atoms with Gasteiger partial charge in [0.25, 0.3) is 11.7 Å². The number of rotatable bonds is 8. The molecule has 0 saturated carbocycles. The van der Waals surface area contributed by atoms with E-state index in [9.17, 15) is 19.8 Å². The molecule has 2 aromatic rings. The van der Waals surface area contributed by atoms with Crippen LogP contribution in [0.3, 0.4) is 0 Å². The number of hydrogen-bond acceptors (Lipinski definition) is 7. The van der Waals surface area contributed by atoms with E-state index in [1.807, 2.05) is 13.8 Å². The third-order valence-corrected chi connectivity index (χ3v) is 5.20. The lowest BCUT2D eigenvalue weighted by Gasteiger charge is -2.25. The average molecular weight is 441 g/mol. The molecule has 1 fully saturated rings. The highest BCUT2D eigenvalue weighted by atomic mass is 16.5. The Labute approximate surface area is 186 Å². The van der Waals surface area contributed by atoms with Crippen LogP contribution in [0.4, 0.5) is 0 Å². The predicted molar refractivity (Wildman–Crippen MR) is 118 cm³/mol. The molecule has 0 bridgehead atoms. The van der Waals surface area contributed by atoms with Gasteiger partial charge in [-0.2, -0.15) is 0 Å². The molecule has 1 heterocycles. The summed E-state index contributed by atoms with van der Waals surface area (Å²) in [5, 5.41) is 20.9. The molecule has 8 nitrogen and oxygen atoms in total. The summed E-state index contributed by atoms with van der Waals surface area (Å²) >= 11 is 0. The summed E-state index contributed by atoms with van der Waals surface area (Å²) in [5.41, 5.74) is 0.766. The minimum atomic E-state index is -0.849. The molecule has 0 aliphatic carbocycles. The number of aromatic hydroxyl groups is 1. The van der Waals surface area contributed by atoms with Crippen molar-refractivity contribution in [2.75, 3.05) is 27.4 Å². The summed E-state index contributed by atoms with van der Waals surface area (Å²) in [7, 11) is 2.94. The van der Waals surface area contributed by atoms with Gasteiger partial charge in [-0.3, -0.25) is 9.59 Å². The number of carbonyl (C=O) groups is 2. The first-order valence-electron chi connectivity index (χ1n) is 10.2. The third kappa shape index (κ3) is 4.55. The Kier molecular flexibility index (Phi) is 7.05. The fraction of sp³-hybridized carbons (Fsp3) is 0.333. The van der Waals surface area contributed by atoms with Gasteiger partial charge in [-0.1, -0.05) is 12.1 Å². The lowest BCUT2D eigenvalue weighted by molar-refractivity contribution is -0.140. The Morgan fingerprint density at radius 2 is 1.75 bits per heavy atom. The molecule has 0 spiro atoms. The van der Waals surface area contributed by atoms with Crippen molar-refractivity contribution >= 4 is 17.4 Å². The molecule has 1 aliphatic heterocycles. The van der Waals surface area contributed by atoms with Gasteiger partial charge in [0.2, 0.25) is 0 Å². The van der Waals surface area contributed by atoms with Crippen molar-refractivity contribution in [3.05, 3.63) is 59.2 Å². The van der Waals surface area contributed by atoms with Crippen LogP contribution < -0.4 is 9.47 Å². The number of carbonyl (C=O) groups excluding carboxylic acids is 2. The van der Waals surface area contributed by atoms with E-state index in [4.69, 9.17) is 14.2 Å². The van der Waals surface area contributed by atoms with Crippen LogP contribution in [-0.4, -0.2) is 60.3 Å². The number of phenols is 1. The Morgan fingerprint density at radius 3 is 2.34 bits per heavy atom. The molecule has 32 heavy (non-hydrogen) atoms. The smallest absolute Gasteiger partial charge is 0.295 e. The standard InChI is InChI=1S/C24H27NO7/c1-14(2)32-12-11-25-21(15-5-7-16(26)8-6-15)20(23(28)24(25)29)22(27)18-10-9-17(30-3)13-19(18)31-4/h5-10,13-14,21,26-27H,11-12H2,1-4H3/b22-20-. The average Bonchev–Trinajstić information content (AvgIpc) is 3.03. The molecule has 0 aromatic heterocycles. The molecule has 8 heteroatoms. The Balaban J connectivity index is 2.13. The molecule has 170 valence electrons. The number of ether oxygens (including phenoxy) is 3. The molecule has 1 atom stereocenters. The second kappa shape index (κ2) is 9.74. The molecule has 1 saturated heterocycles. The van der Waals surface area contributed by atoms with E-state index in [1.54, 1.807) is 30.3 Å². The molecule has 2 N–H and O–H groups in total. The number of ketones is 1. The lowest BCUT2D eigenvalue weighted by atomic mass is 9.95. The van der Waals surface area contributed by atoms with Crippen molar-refractivity contribution in [3.8, 4) is 17.2 Å². The van der Waals surface area contributed by atoms with E-state index in [0.29, 0.717) is 17.1 Å². The van der Waals surface area contributed by atoms with Crippen molar-refractivity contribution in [2.45, 2.75) is 26.0 Å². The van der Waals surface area contributed by atoms with Crippen LogP contribution in [0.5, 0.6) is 17.2 Å². The second-order valence-electron chi connectivity index (χ2n) is 7.57. The lowest BCUT2D eigenvalue weighted by Crippen LogP contribution is -2.33. The zero-order valence-electron chi connectivity index (χ0n) is 18.5. The fourth-order valence-corrected chi connectivity index (χ4v) is 3.64. The highest BCUT2D eigenvalue weighted by Gasteiger charge is 2.46. The van der Waals surface area contributed by atoms with Gasteiger partial charge < -0.3 is 29.3 Å².